The minimum absolute atomic E-state index is 0. The number of hydrogen-bond donors (Lipinski definition) is 2. The molecule has 1 aromatic heterocycles. The molecule has 17 heteroatoms. The SMILES string of the molecule is Cl.O=C(NO)C1(S(=O)(=O)N2CCN(c3ccc(-c4nnn(CC(F)(F)F)n4)cc3)CC2)CCOCC1. The molecule has 2 aliphatic heterocycles. The fourth-order valence-corrected chi connectivity index (χ4v) is 6.35. The normalized spacial score (nSPS) is 18.9. The highest BCUT2D eigenvalue weighted by atomic mass is 35.5. The molecule has 0 saturated carbocycles. The Balaban J connectivity index is 0.00000361. The molecule has 1 aromatic carbocycles. The fraction of sp³-hybridized carbons (Fsp3) is 0.579. The second kappa shape index (κ2) is 10.8. The molecule has 0 bridgehead atoms. The van der Waals surface area contributed by atoms with E-state index in [1.165, 1.54) is 9.79 Å². The molecule has 2 fully saturated rings. The number of ether oxygens (including phenoxy) is 1. The lowest BCUT2D eigenvalue weighted by atomic mass is 9.98. The van der Waals surface area contributed by atoms with Crippen LogP contribution in [0.4, 0.5) is 18.9 Å². The number of rotatable bonds is 6. The Kier molecular flexibility index (Phi) is 8.44. The summed E-state index contributed by atoms with van der Waals surface area (Å²) in [5.41, 5.74) is 2.77. The summed E-state index contributed by atoms with van der Waals surface area (Å²) in [4.78, 5) is 14.8. The van der Waals surface area contributed by atoms with Crippen LogP contribution in [0.5, 0.6) is 0 Å². The number of tetrazole rings is 1. The van der Waals surface area contributed by atoms with Gasteiger partial charge in [0.25, 0.3) is 5.91 Å². The molecule has 0 atom stereocenters. The van der Waals surface area contributed by atoms with Gasteiger partial charge in [-0.25, -0.2) is 13.9 Å². The van der Waals surface area contributed by atoms with Crippen molar-refractivity contribution in [1.29, 1.82) is 0 Å². The average molecular weight is 556 g/mol. The molecule has 3 heterocycles. The molecule has 12 nitrogen and oxygen atoms in total. The van der Waals surface area contributed by atoms with Crippen molar-refractivity contribution >= 4 is 34.0 Å². The Morgan fingerprint density at radius 3 is 2.28 bits per heavy atom. The van der Waals surface area contributed by atoms with Crippen LogP contribution < -0.4 is 10.4 Å². The third kappa shape index (κ3) is 5.56. The molecule has 0 aliphatic carbocycles. The number of halogens is 4. The van der Waals surface area contributed by atoms with Crippen molar-refractivity contribution in [3.63, 3.8) is 0 Å². The van der Waals surface area contributed by atoms with Crippen molar-refractivity contribution in [2.45, 2.75) is 30.3 Å². The fourth-order valence-electron chi connectivity index (χ4n) is 4.25. The van der Waals surface area contributed by atoms with E-state index in [0.717, 1.165) is 5.69 Å². The van der Waals surface area contributed by atoms with Crippen LogP contribution in [-0.2, 0) is 26.1 Å². The maximum Gasteiger partial charge on any atom is 0.409 e. The Labute approximate surface area is 210 Å². The van der Waals surface area contributed by atoms with Gasteiger partial charge in [-0.05, 0) is 29.5 Å². The summed E-state index contributed by atoms with van der Waals surface area (Å²) in [5, 5.41) is 20.0. The topological polar surface area (TPSA) is 143 Å². The van der Waals surface area contributed by atoms with Crippen LogP contribution in [0.2, 0.25) is 0 Å². The maximum absolute atomic E-state index is 13.4. The molecular formula is C19H25ClF3N7O5S. The lowest BCUT2D eigenvalue weighted by Crippen LogP contribution is -2.62. The first-order valence-corrected chi connectivity index (χ1v) is 12.2. The number of nitrogens with one attached hydrogen (secondary N) is 1. The number of anilines is 1. The van der Waals surface area contributed by atoms with Crippen LogP contribution in [-0.4, -0.2) is 94.4 Å². The van der Waals surface area contributed by atoms with Gasteiger partial charge in [-0.3, -0.25) is 10.0 Å². The van der Waals surface area contributed by atoms with Crippen molar-refractivity contribution in [3.8, 4) is 11.4 Å². The molecule has 2 aromatic rings. The number of aromatic nitrogens is 4. The third-order valence-electron chi connectivity index (χ3n) is 6.15. The van der Waals surface area contributed by atoms with Gasteiger partial charge in [0.2, 0.25) is 15.8 Å². The largest absolute Gasteiger partial charge is 0.409 e. The van der Waals surface area contributed by atoms with Gasteiger partial charge >= 0.3 is 6.18 Å². The molecule has 2 aliphatic rings. The molecule has 1 amide bonds. The summed E-state index contributed by atoms with van der Waals surface area (Å²) in [6.07, 6.45) is -4.56. The number of nitrogens with zero attached hydrogens (tertiary/aromatic N) is 6. The second-order valence-corrected chi connectivity index (χ2v) is 10.5. The summed E-state index contributed by atoms with van der Waals surface area (Å²) in [7, 11) is -4.07. The predicted octanol–water partition coefficient (Wildman–Crippen LogP) is 0.831. The minimum atomic E-state index is -4.45. The molecular weight excluding hydrogens is 531 g/mol. The quantitative estimate of drug-likeness (QED) is 0.391. The lowest BCUT2D eigenvalue weighted by Gasteiger charge is -2.42. The number of amides is 1. The van der Waals surface area contributed by atoms with Gasteiger partial charge in [0, 0.05) is 63.5 Å². The molecule has 0 unspecified atom stereocenters. The van der Waals surface area contributed by atoms with Crippen molar-refractivity contribution in [2.75, 3.05) is 44.3 Å². The summed E-state index contributed by atoms with van der Waals surface area (Å²) >= 11 is 0. The number of sulfonamides is 1. The molecule has 36 heavy (non-hydrogen) atoms. The zero-order chi connectivity index (χ0) is 25.3. The zero-order valence-electron chi connectivity index (χ0n) is 18.9. The van der Waals surface area contributed by atoms with Crippen LogP contribution in [0.25, 0.3) is 11.4 Å². The second-order valence-electron chi connectivity index (χ2n) is 8.24. The molecule has 0 spiro atoms. The minimum Gasteiger partial charge on any atom is -0.381 e. The molecule has 200 valence electrons. The Morgan fingerprint density at radius 2 is 1.72 bits per heavy atom. The van der Waals surface area contributed by atoms with E-state index >= 15 is 0 Å². The molecule has 0 radical (unpaired) electrons. The van der Waals surface area contributed by atoms with Crippen molar-refractivity contribution in [3.05, 3.63) is 24.3 Å². The first-order chi connectivity index (χ1) is 16.6. The van der Waals surface area contributed by atoms with Gasteiger partial charge in [-0.2, -0.15) is 22.3 Å². The van der Waals surface area contributed by atoms with Gasteiger partial charge in [-0.15, -0.1) is 22.6 Å². The van der Waals surface area contributed by atoms with E-state index in [1.54, 1.807) is 24.3 Å². The molecule has 2 N–H and O–H groups in total. The van der Waals surface area contributed by atoms with E-state index in [-0.39, 0.29) is 57.4 Å². The first kappa shape index (κ1) is 28.0. The van der Waals surface area contributed by atoms with Crippen molar-refractivity contribution in [2.24, 2.45) is 0 Å². The number of hydroxylamine groups is 1. The van der Waals surface area contributed by atoms with Gasteiger partial charge in [0.1, 0.15) is 0 Å². The van der Waals surface area contributed by atoms with Crippen LogP contribution in [0.15, 0.2) is 24.3 Å². The summed E-state index contributed by atoms with van der Waals surface area (Å²) in [5.74, 6) is -0.903. The number of piperazine rings is 1. The summed E-state index contributed by atoms with van der Waals surface area (Å²) < 4.78 is 68.9. The summed E-state index contributed by atoms with van der Waals surface area (Å²) in [6, 6.07) is 6.78. The highest BCUT2D eigenvalue weighted by Crippen LogP contribution is 2.34. The van der Waals surface area contributed by atoms with Crippen molar-refractivity contribution in [1.82, 2.24) is 30.0 Å². The average Bonchev–Trinajstić information content (AvgIpc) is 3.31. The van der Waals surface area contributed by atoms with Gasteiger partial charge in [0.05, 0.1) is 0 Å². The summed E-state index contributed by atoms with van der Waals surface area (Å²) in [6.45, 7) is -0.162. The molecule has 2 saturated heterocycles. The van der Waals surface area contributed by atoms with Crippen LogP contribution in [0, 0.1) is 0 Å². The van der Waals surface area contributed by atoms with E-state index in [1.807, 2.05) is 4.90 Å². The highest BCUT2D eigenvalue weighted by molar-refractivity contribution is 7.91. The number of hydrogen-bond acceptors (Lipinski definition) is 9. The third-order valence-corrected chi connectivity index (χ3v) is 8.78. The van der Waals surface area contributed by atoms with Gasteiger partial charge < -0.3 is 9.64 Å². The number of carbonyl (C=O) groups is 1. The van der Waals surface area contributed by atoms with E-state index in [0.29, 0.717) is 23.4 Å². The van der Waals surface area contributed by atoms with E-state index < -0.39 is 33.4 Å². The van der Waals surface area contributed by atoms with Gasteiger partial charge in [-0.1, -0.05) is 0 Å². The lowest BCUT2D eigenvalue weighted by molar-refractivity contribution is -0.145. The van der Waals surface area contributed by atoms with Gasteiger partial charge in [0.15, 0.2) is 11.3 Å². The van der Waals surface area contributed by atoms with E-state index in [9.17, 15) is 26.4 Å². The monoisotopic (exact) mass is 555 g/mol. The highest BCUT2D eigenvalue weighted by Gasteiger charge is 2.54. The number of benzene rings is 1. The van der Waals surface area contributed by atoms with Crippen LogP contribution in [0.1, 0.15) is 12.8 Å². The van der Waals surface area contributed by atoms with E-state index in [4.69, 9.17) is 9.94 Å². The van der Waals surface area contributed by atoms with E-state index in [2.05, 4.69) is 15.4 Å². The maximum atomic E-state index is 13.4. The Bertz CT molecular complexity index is 1150. The Hall–Kier alpha value is -2.53. The van der Waals surface area contributed by atoms with Crippen molar-refractivity contribution < 1.29 is 36.3 Å². The number of carbonyl (C=O) groups excluding carboxylic acids is 1. The predicted molar refractivity (Wildman–Crippen MR) is 122 cm³/mol. The van der Waals surface area contributed by atoms with Crippen LogP contribution in [0.3, 0.4) is 0 Å². The smallest absolute Gasteiger partial charge is 0.381 e. The number of alkyl halides is 3. The first-order valence-electron chi connectivity index (χ1n) is 10.8. The zero-order valence-corrected chi connectivity index (χ0v) is 20.5. The molecule has 4 rings (SSSR count). The Morgan fingerprint density at radius 1 is 1.11 bits per heavy atom. The standard InChI is InChI=1S/C19H24F3N7O5S.ClH/c20-19(21,22)13-29-24-16(23-26-29)14-1-3-15(4-2-14)27-7-9-28(10-8-27)35(32,33)18(17(30)25-31)5-11-34-12-6-18;/h1-4,31H,5-13H2,(H,25,30);1H. The van der Waals surface area contributed by atoms with Crippen LogP contribution >= 0.6 is 12.4 Å².